The summed E-state index contributed by atoms with van der Waals surface area (Å²) in [6, 6.07) is 16.4. The van der Waals surface area contributed by atoms with Gasteiger partial charge in [-0.1, -0.05) is 36.4 Å². The number of anilines is 1. The second kappa shape index (κ2) is 11.2. The van der Waals surface area contributed by atoms with Crippen molar-refractivity contribution in [2.45, 2.75) is 13.8 Å². The molecule has 0 radical (unpaired) electrons. The van der Waals surface area contributed by atoms with Crippen molar-refractivity contribution in [3.05, 3.63) is 70.1 Å². The highest BCUT2D eigenvalue weighted by atomic mass is 32.1. The first-order valence-corrected chi connectivity index (χ1v) is 11.3. The molecule has 3 rings (SSSR count). The molecule has 0 saturated carbocycles. The average Bonchev–Trinajstić information content (AvgIpc) is 3.18. The van der Waals surface area contributed by atoms with E-state index in [1.54, 1.807) is 18.2 Å². The van der Waals surface area contributed by atoms with Gasteiger partial charge in [-0.15, -0.1) is 11.3 Å². The Bertz CT molecular complexity index is 1270. The van der Waals surface area contributed by atoms with Gasteiger partial charge in [-0.2, -0.15) is 5.26 Å². The molecule has 0 aliphatic carbocycles. The molecule has 0 bridgehead atoms. The third-order valence-electron chi connectivity index (χ3n) is 4.93. The molecule has 8 heteroatoms. The lowest BCUT2D eigenvalue weighted by Crippen LogP contribution is -2.15. The summed E-state index contributed by atoms with van der Waals surface area (Å²) in [6.45, 7) is 4.21. The van der Waals surface area contributed by atoms with E-state index < -0.39 is 11.9 Å². The predicted octanol–water partition coefficient (Wildman–Crippen LogP) is 5.46. The maximum absolute atomic E-state index is 13.0. The fourth-order valence-electron chi connectivity index (χ4n) is 3.42. The van der Waals surface area contributed by atoms with E-state index in [2.05, 4.69) is 5.32 Å². The van der Waals surface area contributed by atoms with Gasteiger partial charge >= 0.3 is 5.97 Å². The number of nitrogens with one attached hydrogen (secondary N) is 1. The summed E-state index contributed by atoms with van der Waals surface area (Å²) < 4.78 is 15.8. The molecule has 1 amide bonds. The minimum Gasteiger partial charge on any atom is -0.493 e. The number of methoxy groups -OCH3 is 2. The van der Waals surface area contributed by atoms with E-state index in [9.17, 15) is 14.9 Å². The Morgan fingerprint density at radius 1 is 1.12 bits per heavy atom. The van der Waals surface area contributed by atoms with Crippen LogP contribution in [0.1, 0.15) is 27.7 Å². The van der Waals surface area contributed by atoms with Crippen LogP contribution in [0.3, 0.4) is 0 Å². The van der Waals surface area contributed by atoms with Crippen LogP contribution in [0.2, 0.25) is 0 Å². The molecule has 0 fully saturated rings. The summed E-state index contributed by atoms with van der Waals surface area (Å²) in [5, 5.41) is 12.7. The summed E-state index contributed by atoms with van der Waals surface area (Å²) in [7, 11) is 2.80. The van der Waals surface area contributed by atoms with E-state index in [1.165, 1.54) is 31.6 Å². The van der Waals surface area contributed by atoms with Gasteiger partial charge in [0.2, 0.25) is 0 Å². The Morgan fingerprint density at radius 2 is 1.85 bits per heavy atom. The number of benzene rings is 2. The van der Waals surface area contributed by atoms with Crippen LogP contribution in [0, 0.1) is 18.3 Å². The zero-order valence-electron chi connectivity index (χ0n) is 19.3. The number of hydrogen-bond acceptors (Lipinski definition) is 7. The highest BCUT2D eigenvalue weighted by molar-refractivity contribution is 7.17. The van der Waals surface area contributed by atoms with Gasteiger partial charge < -0.3 is 19.5 Å². The number of thiophene rings is 1. The Hall–Kier alpha value is -4.09. The standard InChI is InChI=1S/C26H24N2O5S/c1-5-33-20-12-11-17(14-21(20)31-3)13-19(15-27)24(29)28-25-23(26(30)32-4)22(16(2)34-25)18-9-7-6-8-10-18/h6-14H,5H2,1-4H3,(H,28,29). The zero-order chi connectivity index (χ0) is 24.7. The van der Waals surface area contributed by atoms with Crippen molar-refractivity contribution in [2.75, 3.05) is 26.1 Å². The Morgan fingerprint density at radius 3 is 2.47 bits per heavy atom. The summed E-state index contributed by atoms with van der Waals surface area (Å²) in [5.74, 6) is -0.156. The molecule has 0 unspecified atom stereocenters. The number of hydrogen-bond donors (Lipinski definition) is 1. The van der Waals surface area contributed by atoms with Gasteiger partial charge in [0, 0.05) is 10.4 Å². The Labute approximate surface area is 202 Å². The van der Waals surface area contributed by atoms with Crippen LogP contribution in [0.5, 0.6) is 11.5 Å². The topological polar surface area (TPSA) is 97.7 Å². The van der Waals surface area contributed by atoms with Crippen LogP contribution >= 0.6 is 11.3 Å². The van der Waals surface area contributed by atoms with Crippen molar-refractivity contribution < 1.29 is 23.8 Å². The number of nitriles is 1. The van der Waals surface area contributed by atoms with Gasteiger partial charge in [-0.25, -0.2) is 4.79 Å². The van der Waals surface area contributed by atoms with Crippen LogP contribution in [0.25, 0.3) is 17.2 Å². The molecule has 34 heavy (non-hydrogen) atoms. The molecule has 0 atom stereocenters. The number of nitrogens with zero attached hydrogens (tertiary/aromatic N) is 1. The number of ether oxygens (including phenoxy) is 3. The molecule has 2 aromatic carbocycles. The maximum atomic E-state index is 13.0. The van der Waals surface area contributed by atoms with Gasteiger partial charge in [-0.3, -0.25) is 4.79 Å². The molecule has 174 valence electrons. The molecule has 0 aliphatic rings. The highest BCUT2D eigenvalue weighted by Gasteiger charge is 2.25. The van der Waals surface area contributed by atoms with Gasteiger partial charge in [0.05, 0.1) is 20.8 Å². The second-order valence-corrected chi connectivity index (χ2v) is 8.29. The summed E-state index contributed by atoms with van der Waals surface area (Å²) in [5.41, 5.74) is 2.23. The van der Waals surface area contributed by atoms with Crippen molar-refractivity contribution in [1.82, 2.24) is 0 Å². The molecule has 1 aromatic heterocycles. The van der Waals surface area contributed by atoms with E-state index >= 15 is 0 Å². The fourth-order valence-corrected chi connectivity index (χ4v) is 4.48. The minimum atomic E-state index is -0.638. The number of carbonyl (C=O) groups excluding carboxylic acids is 2. The fraction of sp³-hybridized carbons (Fsp3) is 0.192. The molecule has 3 aromatic rings. The van der Waals surface area contributed by atoms with Crippen molar-refractivity contribution in [3.63, 3.8) is 0 Å². The van der Waals surface area contributed by atoms with Gasteiger partial charge in [0.25, 0.3) is 5.91 Å². The van der Waals surface area contributed by atoms with E-state index in [4.69, 9.17) is 14.2 Å². The molecular weight excluding hydrogens is 452 g/mol. The summed E-state index contributed by atoms with van der Waals surface area (Å²) >= 11 is 1.25. The van der Waals surface area contributed by atoms with Crippen LogP contribution in [0.4, 0.5) is 5.00 Å². The number of esters is 1. The predicted molar refractivity (Wildman–Crippen MR) is 132 cm³/mol. The van der Waals surface area contributed by atoms with Crippen LogP contribution in [-0.2, 0) is 9.53 Å². The summed E-state index contributed by atoms with van der Waals surface area (Å²) in [6.07, 6.45) is 1.45. The first-order valence-electron chi connectivity index (χ1n) is 10.4. The maximum Gasteiger partial charge on any atom is 0.341 e. The normalized spacial score (nSPS) is 10.9. The SMILES string of the molecule is CCOc1ccc(C=C(C#N)C(=O)Nc2sc(C)c(-c3ccccc3)c2C(=O)OC)cc1OC. The lowest BCUT2D eigenvalue weighted by molar-refractivity contribution is -0.112. The average molecular weight is 477 g/mol. The van der Waals surface area contributed by atoms with E-state index in [-0.39, 0.29) is 11.1 Å². The van der Waals surface area contributed by atoms with Crippen molar-refractivity contribution in [1.29, 1.82) is 5.26 Å². The molecule has 0 saturated heterocycles. The van der Waals surface area contributed by atoms with Gasteiger partial charge in [-0.05, 0) is 43.2 Å². The number of carbonyl (C=O) groups is 2. The number of amides is 1. The van der Waals surface area contributed by atoms with E-state index in [1.807, 2.05) is 50.2 Å². The van der Waals surface area contributed by atoms with Gasteiger partial charge in [0.1, 0.15) is 22.2 Å². The van der Waals surface area contributed by atoms with Crippen LogP contribution in [-0.4, -0.2) is 32.7 Å². The third kappa shape index (κ3) is 5.27. The van der Waals surface area contributed by atoms with Crippen LogP contribution < -0.4 is 14.8 Å². The number of aryl methyl sites for hydroxylation is 1. The first kappa shape index (κ1) is 24.6. The number of rotatable bonds is 8. The molecule has 0 aliphatic heterocycles. The van der Waals surface area contributed by atoms with Crippen LogP contribution in [0.15, 0.2) is 54.1 Å². The zero-order valence-corrected chi connectivity index (χ0v) is 20.1. The largest absolute Gasteiger partial charge is 0.493 e. The monoisotopic (exact) mass is 476 g/mol. The van der Waals surface area contributed by atoms with Crippen molar-refractivity contribution in [2.24, 2.45) is 0 Å². The minimum absolute atomic E-state index is 0.130. The molecule has 0 spiro atoms. The van der Waals surface area contributed by atoms with Gasteiger partial charge in [0.15, 0.2) is 11.5 Å². The van der Waals surface area contributed by atoms with Crippen molar-refractivity contribution in [3.8, 4) is 28.7 Å². The molecular formula is C26H24N2O5S. The summed E-state index contributed by atoms with van der Waals surface area (Å²) in [4.78, 5) is 26.5. The molecule has 7 nitrogen and oxygen atoms in total. The third-order valence-corrected chi connectivity index (χ3v) is 5.95. The highest BCUT2D eigenvalue weighted by Crippen LogP contribution is 2.40. The first-order chi connectivity index (χ1) is 16.4. The lowest BCUT2D eigenvalue weighted by atomic mass is 10.0. The lowest BCUT2D eigenvalue weighted by Gasteiger charge is -2.10. The Kier molecular flexibility index (Phi) is 8.06. The van der Waals surface area contributed by atoms with E-state index in [0.29, 0.717) is 34.2 Å². The molecule has 1 heterocycles. The second-order valence-electron chi connectivity index (χ2n) is 7.06. The molecule has 1 N–H and O–H groups in total. The van der Waals surface area contributed by atoms with Crippen molar-refractivity contribution >= 4 is 34.3 Å². The quantitative estimate of drug-likeness (QED) is 0.263. The smallest absolute Gasteiger partial charge is 0.341 e. The van der Waals surface area contributed by atoms with E-state index in [0.717, 1.165) is 10.4 Å². The Balaban J connectivity index is 1.97.